The van der Waals surface area contributed by atoms with Gasteiger partial charge in [0.05, 0.1) is 0 Å². The Labute approximate surface area is 117 Å². The van der Waals surface area contributed by atoms with Gasteiger partial charge in [-0.25, -0.2) is 4.79 Å². The highest BCUT2D eigenvalue weighted by Gasteiger charge is 2.31. The standard InChI is InChI=1S/C15H30O4/c1-9-13(3,4)11-15(7,8)19-18-12(16)17-14(5,6)10-2/h9-11H2,1-8H3. The lowest BCUT2D eigenvalue weighted by Crippen LogP contribution is -2.34. The molecule has 0 unspecified atom stereocenters. The van der Waals surface area contributed by atoms with Crippen molar-refractivity contribution in [3.63, 3.8) is 0 Å². The van der Waals surface area contributed by atoms with Crippen molar-refractivity contribution < 1.29 is 19.3 Å². The number of carbonyl (C=O) groups is 1. The van der Waals surface area contributed by atoms with E-state index >= 15 is 0 Å². The van der Waals surface area contributed by atoms with E-state index in [1.807, 2.05) is 34.6 Å². The maximum atomic E-state index is 11.5. The third-order valence-electron chi connectivity index (χ3n) is 3.41. The van der Waals surface area contributed by atoms with Crippen molar-refractivity contribution in [2.24, 2.45) is 5.41 Å². The summed E-state index contributed by atoms with van der Waals surface area (Å²) in [4.78, 5) is 21.5. The van der Waals surface area contributed by atoms with Crippen molar-refractivity contribution in [2.75, 3.05) is 0 Å². The summed E-state index contributed by atoms with van der Waals surface area (Å²) in [7, 11) is 0. The summed E-state index contributed by atoms with van der Waals surface area (Å²) in [5.41, 5.74) is -0.929. The Bertz CT molecular complexity index is 293. The normalized spacial score (nSPS) is 13.3. The van der Waals surface area contributed by atoms with Gasteiger partial charge in [0.25, 0.3) is 0 Å². The molecule has 0 saturated carbocycles. The molecule has 0 radical (unpaired) electrons. The Morgan fingerprint density at radius 3 is 1.84 bits per heavy atom. The van der Waals surface area contributed by atoms with Crippen molar-refractivity contribution in [3.8, 4) is 0 Å². The Morgan fingerprint density at radius 2 is 1.42 bits per heavy atom. The van der Waals surface area contributed by atoms with Crippen molar-refractivity contribution in [1.82, 2.24) is 0 Å². The predicted octanol–water partition coefficient (Wildman–Crippen LogP) is 4.86. The summed E-state index contributed by atoms with van der Waals surface area (Å²) in [6, 6.07) is 0. The van der Waals surface area contributed by atoms with Gasteiger partial charge in [0.15, 0.2) is 0 Å². The SMILES string of the molecule is CCC(C)(C)CC(C)(C)OOC(=O)OC(C)(C)CC. The van der Waals surface area contributed by atoms with Gasteiger partial charge in [-0.2, -0.15) is 4.89 Å². The number of hydrogen-bond donors (Lipinski definition) is 0. The fourth-order valence-corrected chi connectivity index (χ4v) is 1.77. The molecule has 0 aliphatic heterocycles. The molecule has 114 valence electrons. The highest BCUT2D eigenvalue weighted by Crippen LogP contribution is 2.33. The van der Waals surface area contributed by atoms with Crippen LogP contribution in [-0.2, 0) is 14.5 Å². The van der Waals surface area contributed by atoms with E-state index in [2.05, 4.69) is 20.8 Å². The molecule has 0 rings (SSSR count). The van der Waals surface area contributed by atoms with Gasteiger partial charge < -0.3 is 4.74 Å². The van der Waals surface area contributed by atoms with Crippen LogP contribution in [0.2, 0.25) is 0 Å². The molecular weight excluding hydrogens is 244 g/mol. The van der Waals surface area contributed by atoms with Crippen LogP contribution in [0.15, 0.2) is 0 Å². The summed E-state index contributed by atoms with van der Waals surface area (Å²) >= 11 is 0. The fourth-order valence-electron chi connectivity index (χ4n) is 1.77. The van der Waals surface area contributed by atoms with Gasteiger partial charge in [-0.15, -0.1) is 0 Å². The lowest BCUT2D eigenvalue weighted by atomic mass is 9.80. The van der Waals surface area contributed by atoms with E-state index in [0.29, 0.717) is 6.42 Å². The van der Waals surface area contributed by atoms with Gasteiger partial charge in [0.1, 0.15) is 11.2 Å². The van der Waals surface area contributed by atoms with Gasteiger partial charge in [0, 0.05) is 0 Å². The average molecular weight is 274 g/mol. The molecule has 0 bridgehead atoms. The Kier molecular flexibility index (Phi) is 6.33. The third-order valence-corrected chi connectivity index (χ3v) is 3.41. The molecule has 0 aromatic rings. The zero-order valence-electron chi connectivity index (χ0n) is 13.8. The minimum Gasteiger partial charge on any atom is -0.426 e. The molecule has 4 heteroatoms. The minimum atomic E-state index is -0.783. The van der Waals surface area contributed by atoms with Gasteiger partial charge in [-0.3, -0.25) is 4.89 Å². The van der Waals surface area contributed by atoms with Crippen LogP contribution in [0.25, 0.3) is 0 Å². The first-order valence-electron chi connectivity index (χ1n) is 7.02. The van der Waals surface area contributed by atoms with E-state index in [9.17, 15) is 4.79 Å². The molecular formula is C15H30O4. The first-order chi connectivity index (χ1) is 8.43. The van der Waals surface area contributed by atoms with E-state index in [1.165, 1.54) is 0 Å². The monoisotopic (exact) mass is 274 g/mol. The number of rotatable bonds is 7. The summed E-state index contributed by atoms with van der Waals surface area (Å²) < 4.78 is 5.15. The number of carbonyl (C=O) groups excluding carboxylic acids is 1. The van der Waals surface area contributed by atoms with Gasteiger partial charge in [0.2, 0.25) is 0 Å². The van der Waals surface area contributed by atoms with E-state index in [0.717, 1.165) is 12.8 Å². The molecule has 0 heterocycles. The van der Waals surface area contributed by atoms with Gasteiger partial charge in [-0.05, 0) is 46.0 Å². The quantitative estimate of drug-likeness (QED) is 0.377. The zero-order valence-corrected chi connectivity index (χ0v) is 13.8. The molecule has 0 aliphatic rings. The molecule has 0 aromatic heterocycles. The number of hydrogen-bond acceptors (Lipinski definition) is 4. The lowest BCUT2D eigenvalue weighted by Gasteiger charge is -2.32. The van der Waals surface area contributed by atoms with Crippen LogP contribution in [0.3, 0.4) is 0 Å². The minimum absolute atomic E-state index is 0.138. The Hall–Kier alpha value is -0.770. The predicted molar refractivity (Wildman–Crippen MR) is 75.8 cm³/mol. The van der Waals surface area contributed by atoms with Crippen LogP contribution in [0.1, 0.15) is 74.7 Å². The highest BCUT2D eigenvalue weighted by molar-refractivity contribution is 5.59. The summed E-state index contributed by atoms with van der Waals surface area (Å²) in [5.74, 6) is 0. The van der Waals surface area contributed by atoms with Gasteiger partial charge >= 0.3 is 6.16 Å². The van der Waals surface area contributed by atoms with E-state index in [1.54, 1.807) is 0 Å². The molecule has 19 heavy (non-hydrogen) atoms. The molecule has 0 fully saturated rings. The van der Waals surface area contributed by atoms with Crippen LogP contribution >= 0.6 is 0 Å². The molecule has 0 N–H and O–H groups in total. The Morgan fingerprint density at radius 1 is 0.895 bits per heavy atom. The highest BCUT2D eigenvalue weighted by atomic mass is 17.2. The first kappa shape index (κ1) is 18.2. The Balaban J connectivity index is 4.28. The van der Waals surface area contributed by atoms with Crippen molar-refractivity contribution >= 4 is 6.16 Å². The van der Waals surface area contributed by atoms with Crippen LogP contribution < -0.4 is 0 Å². The second-order valence-electron chi connectivity index (χ2n) is 7.09. The average Bonchev–Trinajstić information content (AvgIpc) is 2.25. The topological polar surface area (TPSA) is 44.8 Å². The zero-order chi connectivity index (χ0) is 15.3. The van der Waals surface area contributed by atoms with Gasteiger partial charge in [-0.1, -0.05) is 34.1 Å². The summed E-state index contributed by atoms with van der Waals surface area (Å²) in [6.45, 7) is 15.9. The van der Waals surface area contributed by atoms with Crippen LogP contribution in [0.4, 0.5) is 4.79 Å². The smallest absolute Gasteiger partial charge is 0.426 e. The van der Waals surface area contributed by atoms with Crippen LogP contribution in [-0.4, -0.2) is 17.4 Å². The molecule has 0 aromatic carbocycles. The summed E-state index contributed by atoms with van der Waals surface area (Å²) in [5, 5.41) is 0. The first-order valence-corrected chi connectivity index (χ1v) is 7.02. The second kappa shape index (κ2) is 6.60. The molecule has 4 nitrogen and oxygen atoms in total. The maximum Gasteiger partial charge on any atom is 0.541 e. The van der Waals surface area contributed by atoms with Crippen molar-refractivity contribution in [2.45, 2.75) is 85.9 Å². The largest absolute Gasteiger partial charge is 0.541 e. The third kappa shape index (κ3) is 8.09. The molecule has 0 amide bonds. The van der Waals surface area contributed by atoms with Crippen LogP contribution in [0.5, 0.6) is 0 Å². The van der Waals surface area contributed by atoms with E-state index in [-0.39, 0.29) is 5.41 Å². The number of ether oxygens (including phenoxy) is 1. The maximum absolute atomic E-state index is 11.5. The fraction of sp³-hybridized carbons (Fsp3) is 0.933. The molecule has 0 aliphatic carbocycles. The molecule has 0 saturated heterocycles. The van der Waals surface area contributed by atoms with Crippen molar-refractivity contribution in [1.29, 1.82) is 0 Å². The van der Waals surface area contributed by atoms with Crippen molar-refractivity contribution in [3.05, 3.63) is 0 Å². The van der Waals surface area contributed by atoms with E-state index < -0.39 is 17.4 Å². The lowest BCUT2D eigenvalue weighted by molar-refractivity contribution is -0.326. The van der Waals surface area contributed by atoms with E-state index in [4.69, 9.17) is 14.5 Å². The summed E-state index contributed by atoms with van der Waals surface area (Å²) in [6.07, 6.45) is 1.76. The second-order valence-corrected chi connectivity index (χ2v) is 7.09. The van der Waals surface area contributed by atoms with Crippen LogP contribution in [0, 0.1) is 5.41 Å². The molecule has 0 spiro atoms. The molecule has 0 atom stereocenters.